The van der Waals surface area contributed by atoms with Gasteiger partial charge < -0.3 is 19.4 Å². The lowest BCUT2D eigenvalue weighted by molar-refractivity contribution is 0.0596. The molecule has 0 saturated carbocycles. The fourth-order valence-corrected chi connectivity index (χ4v) is 3.39. The number of H-pyrrole nitrogens is 1. The molecule has 4 rings (SSSR count). The summed E-state index contributed by atoms with van der Waals surface area (Å²) in [4.78, 5) is 28.5. The van der Waals surface area contributed by atoms with E-state index in [1.54, 1.807) is 12.0 Å². The number of benzene rings is 2. The Bertz CT molecular complexity index is 1060. The smallest absolute Gasteiger partial charge is 0.270 e. The zero-order chi connectivity index (χ0) is 20.2. The number of nitrogens with zero attached hydrogens (tertiary/aromatic N) is 1. The number of hydrogen-bond acceptors (Lipinski definition) is 4. The van der Waals surface area contributed by atoms with E-state index in [1.807, 2.05) is 48.5 Å². The summed E-state index contributed by atoms with van der Waals surface area (Å²) in [5.41, 5.74) is 2.32. The van der Waals surface area contributed by atoms with E-state index in [1.165, 1.54) is 18.3 Å². The molecule has 1 fully saturated rings. The topological polar surface area (TPSA) is 71.6 Å². The van der Waals surface area contributed by atoms with Gasteiger partial charge in [0.15, 0.2) is 16.9 Å². The second-order valence-electron chi connectivity index (χ2n) is 7.03. The molecular weight excluding hydrogens is 368 g/mol. The number of carbonyl (C=O) groups is 1. The number of nitrogens with one attached hydrogen (secondary N) is 1. The van der Waals surface area contributed by atoms with Crippen LogP contribution in [0.2, 0.25) is 0 Å². The van der Waals surface area contributed by atoms with Crippen LogP contribution < -0.4 is 14.9 Å². The van der Waals surface area contributed by atoms with Gasteiger partial charge in [-0.25, -0.2) is 0 Å². The number of hydrogen-bond donors (Lipinski definition) is 1. The van der Waals surface area contributed by atoms with Crippen LogP contribution in [0.3, 0.4) is 0 Å². The molecule has 1 aromatic heterocycles. The summed E-state index contributed by atoms with van der Waals surface area (Å²) in [6.45, 7) is 1.67. The van der Waals surface area contributed by atoms with E-state index in [9.17, 15) is 9.59 Å². The molecule has 0 spiro atoms. The lowest BCUT2D eigenvalue weighted by atomic mass is 9.91. The SMILES string of the molecule is COc1cc(C2CN(C(=O)c3cc(=O)cc[nH]3)C2)ccc1OCc1ccccc1. The first-order valence-corrected chi connectivity index (χ1v) is 9.46. The summed E-state index contributed by atoms with van der Waals surface area (Å²) >= 11 is 0. The molecule has 0 unspecified atom stereocenters. The quantitative estimate of drug-likeness (QED) is 0.702. The maximum absolute atomic E-state index is 12.5. The van der Waals surface area contributed by atoms with Crippen LogP contribution in [0.25, 0.3) is 0 Å². The van der Waals surface area contributed by atoms with Crippen molar-refractivity contribution >= 4 is 5.91 Å². The van der Waals surface area contributed by atoms with Crippen LogP contribution in [0.1, 0.15) is 27.5 Å². The molecule has 6 nitrogen and oxygen atoms in total. The summed E-state index contributed by atoms with van der Waals surface area (Å²) in [6.07, 6.45) is 1.49. The second kappa shape index (κ2) is 8.22. The van der Waals surface area contributed by atoms with E-state index >= 15 is 0 Å². The molecule has 2 aromatic carbocycles. The molecule has 29 heavy (non-hydrogen) atoms. The zero-order valence-electron chi connectivity index (χ0n) is 16.1. The van der Waals surface area contributed by atoms with E-state index in [-0.39, 0.29) is 17.3 Å². The Morgan fingerprint density at radius 2 is 1.86 bits per heavy atom. The Morgan fingerprint density at radius 3 is 2.59 bits per heavy atom. The number of methoxy groups -OCH3 is 1. The van der Waals surface area contributed by atoms with Crippen molar-refractivity contribution in [3.8, 4) is 11.5 Å². The third-order valence-corrected chi connectivity index (χ3v) is 5.07. The van der Waals surface area contributed by atoms with Gasteiger partial charge in [0.25, 0.3) is 5.91 Å². The Morgan fingerprint density at radius 1 is 1.07 bits per heavy atom. The average molecular weight is 390 g/mol. The van der Waals surface area contributed by atoms with Gasteiger partial charge in [0.2, 0.25) is 0 Å². The van der Waals surface area contributed by atoms with Crippen LogP contribution in [0.5, 0.6) is 11.5 Å². The van der Waals surface area contributed by atoms with Crippen molar-refractivity contribution in [2.45, 2.75) is 12.5 Å². The van der Waals surface area contributed by atoms with Crippen LogP contribution in [0.4, 0.5) is 0 Å². The summed E-state index contributed by atoms with van der Waals surface area (Å²) < 4.78 is 11.4. The number of pyridine rings is 1. The van der Waals surface area contributed by atoms with Crippen molar-refractivity contribution in [2.24, 2.45) is 0 Å². The standard InChI is InChI=1S/C23H22N2O4/c1-28-22-11-17(7-8-21(22)29-15-16-5-3-2-4-6-16)18-13-25(14-18)23(27)20-12-19(26)9-10-24-20/h2-12,18H,13-15H2,1H3,(H,24,26). The van der Waals surface area contributed by atoms with Crippen molar-refractivity contribution in [1.82, 2.24) is 9.88 Å². The second-order valence-corrected chi connectivity index (χ2v) is 7.03. The molecule has 0 bridgehead atoms. The van der Waals surface area contributed by atoms with Gasteiger partial charge in [0.05, 0.1) is 7.11 Å². The maximum atomic E-state index is 12.5. The molecule has 1 amide bonds. The molecule has 2 heterocycles. The van der Waals surface area contributed by atoms with Crippen LogP contribution >= 0.6 is 0 Å². The van der Waals surface area contributed by atoms with E-state index in [0.717, 1.165) is 11.1 Å². The first kappa shape index (κ1) is 18.8. The van der Waals surface area contributed by atoms with Gasteiger partial charge in [-0.2, -0.15) is 0 Å². The summed E-state index contributed by atoms with van der Waals surface area (Å²) in [7, 11) is 1.62. The molecule has 6 heteroatoms. The van der Waals surface area contributed by atoms with E-state index in [2.05, 4.69) is 4.98 Å². The third kappa shape index (κ3) is 4.16. The molecule has 1 N–H and O–H groups in total. The molecule has 1 aliphatic heterocycles. The van der Waals surface area contributed by atoms with Gasteiger partial charge in [-0.05, 0) is 23.3 Å². The molecule has 0 atom stereocenters. The maximum Gasteiger partial charge on any atom is 0.270 e. The lowest BCUT2D eigenvalue weighted by Crippen LogP contribution is -2.48. The fraction of sp³-hybridized carbons (Fsp3) is 0.217. The summed E-state index contributed by atoms with van der Waals surface area (Å²) in [6, 6.07) is 18.6. The first-order valence-electron chi connectivity index (χ1n) is 9.46. The molecule has 0 radical (unpaired) electrons. The highest BCUT2D eigenvalue weighted by molar-refractivity contribution is 5.92. The van der Waals surface area contributed by atoms with Crippen molar-refractivity contribution in [3.05, 3.63) is 93.9 Å². The van der Waals surface area contributed by atoms with Crippen LogP contribution in [0, 0.1) is 0 Å². The van der Waals surface area contributed by atoms with Crippen molar-refractivity contribution in [1.29, 1.82) is 0 Å². The number of amides is 1. The van der Waals surface area contributed by atoms with Crippen LogP contribution in [0.15, 0.2) is 71.7 Å². The minimum atomic E-state index is -0.181. The van der Waals surface area contributed by atoms with Crippen LogP contribution in [-0.2, 0) is 6.61 Å². The predicted molar refractivity (Wildman–Crippen MR) is 109 cm³/mol. The Kier molecular flexibility index (Phi) is 5.33. The first-order chi connectivity index (χ1) is 14.1. The monoisotopic (exact) mass is 390 g/mol. The van der Waals surface area contributed by atoms with Crippen molar-refractivity contribution in [2.75, 3.05) is 20.2 Å². The summed E-state index contributed by atoms with van der Waals surface area (Å²) in [5, 5.41) is 0. The molecule has 0 aliphatic carbocycles. The number of ether oxygens (including phenoxy) is 2. The van der Waals surface area contributed by atoms with Gasteiger partial charge in [-0.1, -0.05) is 36.4 Å². The number of aromatic amines is 1. The largest absolute Gasteiger partial charge is 0.493 e. The highest BCUT2D eigenvalue weighted by atomic mass is 16.5. The van der Waals surface area contributed by atoms with Gasteiger partial charge in [0, 0.05) is 37.3 Å². The van der Waals surface area contributed by atoms with E-state index in [4.69, 9.17) is 9.47 Å². The number of likely N-dealkylation sites (tertiary alicyclic amines) is 1. The Labute approximate surface area is 168 Å². The number of rotatable bonds is 6. The third-order valence-electron chi connectivity index (χ3n) is 5.07. The Balaban J connectivity index is 1.40. The highest BCUT2D eigenvalue weighted by Crippen LogP contribution is 2.35. The number of aromatic nitrogens is 1. The van der Waals surface area contributed by atoms with Crippen molar-refractivity contribution < 1.29 is 14.3 Å². The highest BCUT2D eigenvalue weighted by Gasteiger charge is 2.33. The van der Waals surface area contributed by atoms with Gasteiger partial charge in [0.1, 0.15) is 12.3 Å². The van der Waals surface area contributed by atoms with E-state index < -0.39 is 0 Å². The van der Waals surface area contributed by atoms with E-state index in [0.29, 0.717) is 36.9 Å². The van der Waals surface area contributed by atoms with Gasteiger partial charge in [-0.15, -0.1) is 0 Å². The minimum absolute atomic E-state index is 0.159. The molecule has 1 saturated heterocycles. The molecule has 1 aliphatic rings. The Hall–Kier alpha value is -3.54. The lowest BCUT2D eigenvalue weighted by Gasteiger charge is -2.39. The summed E-state index contributed by atoms with van der Waals surface area (Å²) in [5.74, 6) is 1.44. The molecule has 148 valence electrons. The fourth-order valence-electron chi connectivity index (χ4n) is 3.39. The molecular formula is C23H22N2O4. The van der Waals surface area contributed by atoms with Gasteiger partial charge in [-0.3, -0.25) is 9.59 Å². The average Bonchev–Trinajstić information content (AvgIpc) is 2.72. The van der Waals surface area contributed by atoms with Crippen molar-refractivity contribution in [3.63, 3.8) is 0 Å². The normalized spacial score (nSPS) is 13.6. The predicted octanol–water partition coefficient (Wildman–Crippen LogP) is 3.20. The zero-order valence-corrected chi connectivity index (χ0v) is 16.1. The minimum Gasteiger partial charge on any atom is -0.493 e. The van der Waals surface area contributed by atoms with Crippen LogP contribution in [-0.4, -0.2) is 36.0 Å². The molecule has 3 aromatic rings. The number of carbonyl (C=O) groups excluding carboxylic acids is 1. The van der Waals surface area contributed by atoms with Gasteiger partial charge >= 0.3 is 0 Å².